The number of hydrogen-bond donors (Lipinski definition) is 1. The average molecular weight is 223 g/mol. The third kappa shape index (κ3) is 2.58. The first-order chi connectivity index (χ1) is 7.79. The van der Waals surface area contributed by atoms with E-state index in [-0.39, 0.29) is 6.04 Å². The smallest absolute Gasteiger partial charge is 0.231 e. The minimum atomic E-state index is 0.278. The van der Waals surface area contributed by atoms with E-state index in [9.17, 15) is 0 Å². The first kappa shape index (κ1) is 11.1. The quantitative estimate of drug-likeness (QED) is 0.831. The maximum atomic E-state index is 5.34. The Morgan fingerprint density at radius 2 is 2.19 bits per heavy atom. The van der Waals surface area contributed by atoms with E-state index >= 15 is 0 Å². The normalized spacial score (nSPS) is 14.9. The predicted octanol–water partition coefficient (Wildman–Crippen LogP) is 2.25. The van der Waals surface area contributed by atoms with Gasteiger partial charge in [-0.05, 0) is 26.0 Å². The molecular weight excluding hydrogens is 206 g/mol. The van der Waals surface area contributed by atoms with Crippen LogP contribution >= 0.6 is 0 Å². The molecule has 0 aromatic heterocycles. The van der Waals surface area contributed by atoms with Gasteiger partial charge in [0.25, 0.3) is 0 Å². The van der Waals surface area contributed by atoms with Gasteiger partial charge in [-0.15, -0.1) is 0 Å². The number of benzene rings is 1. The van der Waals surface area contributed by atoms with Gasteiger partial charge in [0.2, 0.25) is 6.79 Å². The molecule has 0 saturated carbocycles. The summed E-state index contributed by atoms with van der Waals surface area (Å²) in [7, 11) is 0. The molecule has 4 nitrogen and oxygen atoms in total. The lowest BCUT2D eigenvalue weighted by atomic mass is 10.2. The van der Waals surface area contributed by atoms with Gasteiger partial charge in [0.15, 0.2) is 11.5 Å². The molecule has 0 amide bonds. The predicted molar refractivity (Wildman–Crippen MR) is 62.1 cm³/mol. The van der Waals surface area contributed by atoms with E-state index in [2.05, 4.69) is 12.2 Å². The first-order valence-electron chi connectivity index (χ1n) is 5.53. The lowest BCUT2D eigenvalue weighted by molar-refractivity contribution is 0.141. The average Bonchev–Trinajstić information content (AvgIpc) is 2.73. The molecule has 1 aliphatic heterocycles. The van der Waals surface area contributed by atoms with Crippen molar-refractivity contribution in [3.63, 3.8) is 0 Å². The highest BCUT2D eigenvalue weighted by molar-refractivity contribution is 5.55. The second kappa shape index (κ2) is 5.07. The Hall–Kier alpha value is -1.42. The summed E-state index contributed by atoms with van der Waals surface area (Å²) < 4.78 is 15.9. The second-order valence-corrected chi connectivity index (χ2v) is 3.77. The van der Waals surface area contributed by atoms with E-state index < -0.39 is 0 Å². The minimum absolute atomic E-state index is 0.278. The van der Waals surface area contributed by atoms with Crippen LogP contribution in [-0.4, -0.2) is 26.0 Å². The molecule has 0 fully saturated rings. The fourth-order valence-electron chi connectivity index (χ4n) is 1.61. The molecule has 88 valence electrons. The maximum absolute atomic E-state index is 5.34. The summed E-state index contributed by atoms with van der Waals surface area (Å²) in [6, 6.07) is 6.12. The van der Waals surface area contributed by atoms with Crippen LogP contribution in [0.3, 0.4) is 0 Å². The summed E-state index contributed by atoms with van der Waals surface area (Å²) in [6.07, 6.45) is 0. The van der Waals surface area contributed by atoms with Gasteiger partial charge < -0.3 is 19.5 Å². The first-order valence-corrected chi connectivity index (χ1v) is 5.53. The van der Waals surface area contributed by atoms with Crippen LogP contribution in [0.1, 0.15) is 13.8 Å². The van der Waals surface area contributed by atoms with Crippen LogP contribution in [0, 0.1) is 0 Å². The lowest BCUT2D eigenvalue weighted by Crippen LogP contribution is -2.21. The van der Waals surface area contributed by atoms with Crippen LogP contribution in [-0.2, 0) is 4.74 Å². The van der Waals surface area contributed by atoms with Crippen molar-refractivity contribution in [2.75, 3.05) is 25.3 Å². The van der Waals surface area contributed by atoms with Gasteiger partial charge in [-0.3, -0.25) is 0 Å². The highest BCUT2D eigenvalue weighted by atomic mass is 16.7. The molecule has 1 atom stereocenters. The SMILES string of the molecule is CCOCC(C)Nc1ccc2c(c1)OCO2. The third-order valence-electron chi connectivity index (χ3n) is 2.36. The van der Waals surface area contributed by atoms with Crippen molar-refractivity contribution in [3.05, 3.63) is 18.2 Å². The fourth-order valence-corrected chi connectivity index (χ4v) is 1.61. The number of hydrogen-bond acceptors (Lipinski definition) is 4. The molecular formula is C12H17NO3. The van der Waals surface area contributed by atoms with Crippen molar-refractivity contribution in [2.45, 2.75) is 19.9 Å². The Kier molecular flexibility index (Phi) is 3.51. The summed E-state index contributed by atoms with van der Waals surface area (Å²) in [5, 5.41) is 3.35. The molecule has 4 heteroatoms. The van der Waals surface area contributed by atoms with Gasteiger partial charge in [-0.25, -0.2) is 0 Å². The zero-order valence-corrected chi connectivity index (χ0v) is 9.66. The second-order valence-electron chi connectivity index (χ2n) is 3.77. The Morgan fingerprint density at radius 3 is 3.00 bits per heavy atom. The third-order valence-corrected chi connectivity index (χ3v) is 2.36. The van der Waals surface area contributed by atoms with Crippen molar-refractivity contribution in [1.82, 2.24) is 0 Å². The molecule has 1 aromatic carbocycles. The molecule has 16 heavy (non-hydrogen) atoms. The monoisotopic (exact) mass is 223 g/mol. The molecule has 0 radical (unpaired) electrons. The molecule has 0 bridgehead atoms. The van der Waals surface area contributed by atoms with Gasteiger partial charge in [0, 0.05) is 24.4 Å². The molecule has 0 spiro atoms. The van der Waals surface area contributed by atoms with E-state index in [4.69, 9.17) is 14.2 Å². The van der Waals surface area contributed by atoms with E-state index in [0.717, 1.165) is 23.8 Å². The molecule has 0 saturated heterocycles. The minimum Gasteiger partial charge on any atom is -0.454 e. The van der Waals surface area contributed by atoms with Crippen molar-refractivity contribution < 1.29 is 14.2 Å². The Balaban J connectivity index is 1.94. The Labute approximate surface area is 95.5 Å². The molecule has 1 unspecified atom stereocenters. The Bertz CT molecular complexity index is 354. The standard InChI is InChI=1S/C12H17NO3/c1-3-14-7-9(2)13-10-4-5-11-12(6-10)16-8-15-11/h4-6,9,13H,3,7-8H2,1-2H3. The summed E-state index contributed by atoms with van der Waals surface area (Å²) >= 11 is 0. The van der Waals surface area contributed by atoms with E-state index in [1.807, 2.05) is 25.1 Å². The highest BCUT2D eigenvalue weighted by Crippen LogP contribution is 2.34. The van der Waals surface area contributed by atoms with Crippen LogP contribution < -0.4 is 14.8 Å². The van der Waals surface area contributed by atoms with Gasteiger partial charge in [0.05, 0.1) is 6.61 Å². The van der Waals surface area contributed by atoms with Crippen molar-refractivity contribution >= 4 is 5.69 Å². The van der Waals surface area contributed by atoms with E-state index in [0.29, 0.717) is 13.4 Å². The summed E-state index contributed by atoms with van der Waals surface area (Å²) in [5.41, 5.74) is 1.02. The van der Waals surface area contributed by atoms with Crippen molar-refractivity contribution in [3.8, 4) is 11.5 Å². The number of ether oxygens (including phenoxy) is 3. The fraction of sp³-hybridized carbons (Fsp3) is 0.500. The maximum Gasteiger partial charge on any atom is 0.231 e. The van der Waals surface area contributed by atoms with Gasteiger partial charge >= 0.3 is 0 Å². The van der Waals surface area contributed by atoms with Crippen LogP contribution in [0.4, 0.5) is 5.69 Å². The zero-order chi connectivity index (χ0) is 11.4. The number of anilines is 1. The van der Waals surface area contributed by atoms with Crippen molar-refractivity contribution in [2.24, 2.45) is 0 Å². The van der Waals surface area contributed by atoms with Crippen LogP contribution in [0.15, 0.2) is 18.2 Å². The van der Waals surface area contributed by atoms with Crippen LogP contribution in [0.5, 0.6) is 11.5 Å². The highest BCUT2D eigenvalue weighted by Gasteiger charge is 2.13. The molecule has 2 rings (SSSR count). The number of fused-ring (bicyclic) bond motifs is 1. The zero-order valence-electron chi connectivity index (χ0n) is 9.66. The van der Waals surface area contributed by atoms with Crippen LogP contribution in [0.25, 0.3) is 0 Å². The van der Waals surface area contributed by atoms with E-state index in [1.165, 1.54) is 0 Å². The van der Waals surface area contributed by atoms with Crippen molar-refractivity contribution in [1.29, 1.82) is 0 Å². The van der Waals surface area contributed by atoms with E-state index in [1.54, 1.807) is 0 Å². The molecule has 1 aliphatic rings. The number of rotatable bonds is 5. The summed E-state index contributed by atoms with van der Waals surface area (Å²) in [6.45, 7) is 5.83. The van der Waals surface area contributed by atoms with Gasteiger partial charge in [-0.1, -0.05) is 0 Å². The molecule has 1 N–H and O–H groups in total. The number of nitrogens with one attached hydrogen (secondary N) is 1. The largest absolute Gasteiger partial charge is 0.454 e. The molecule has 1 aromatic rings. The molecule has 0 aliphatic carbocycles. The molecule has 1 heterocycles. The Morgan fingerprint density at radius 1 is 1.38 bits per heavy atom. The topological polar surface area (TPSA) is 39.7 Å². The van der Waals surface area contributed by atoms with Crippen LogP contribution in [0.2, 0.25) is 0 Å². The lowest BCUT2D eigenvalue weighted by Gasteiger charge is -2.15. The summed E-state index contributed by atoms with van der Waals surface area (Å²) in [4.78, 5) is 0. The van der Waals surface area contributed by atoms with Gasteiger partial charge in [-0.2, -0.15) is 0 Å². The summed E-state index contributed by atoms with van der Waals surface area (Å²) in [5.74, 6) is 1.61. The van der Waals surface area contributed by atoms with Gasteiger partial charge in [0.1, 0.15) is 0 Å².